The van der Waals surface area contributed by atoms with Gasteiger partial charge < -0.3 is 10.1 Å². The van der Waals surface area contributed by atoms with Gasteiger partial charge in [0.25, 0.3) is 0 Å². The summed E-state index contributed by atoms with van der Waals surface area (Å²) in [6, 6.07) is 5.73. The van der Waals surface area contributed by atoms with Gasteiger partial charge in [-0.3, -0.25) is 9.88 Å². The molecule has 18 heavy (non-hydrogen) atoms. The lowest BCUT2D eigenvalue weighted by atomic mass is 9.94. The van der Waals surface area contributed by atoms with Gasteiger partial charge in [0.2, 0.25) is 0 Å². The second-order valence-electron chi connectivity index (χ2n) is 5.01. The van der Waals surface area contributed by atoms with Gasteiger partial charge in [-0.2, -0.15) is 0 Å². The highest BCUT2D eigenvalue weighted by atomic mass is 16.6. The second-order valence-corrected chi connectivity index (χ2v) is 5.01. The minimum absolute atomic E-state index is 0.218. The minimum Gasteiger partial charge on any atom is -0.440 e. The molecule has 1 atom stereocenters. The van der Waals surface area contributed by atoms with Crippen molar-refractivity contribution in [3.8, 4) is 0 Å². The summed E-state index contributed by atoms with van der Waals surface area (Å²) in [5.74, 6) is 0. The van der Waals surface area contributed by atoms with Crippen LogP contribution < -0.4 is 5.32 Å². The molecule has 2 saturated heterocycles. The zero-order chi connectivity index (χ0) is 12.4. The van der Waals surface area contributed by atoms with Crippen LogP contribution in [-0.2, 0) is 11.3 Å². The summed E-state index contributed by atoms with van der Waals surface area (Å²) < 4.78 is 5.57. The summed E-state index contributed by atoms with van der Waals surface area (Å²) >= 11 is 0. The van der Waals surface area contributed by atoms with Crippen LogP contribution in [0.5, 0.6) is 0 Å². The standard InChI is InChI=1S/C13H17N3O2/c17-12-16(8-11-4-1-2-7-15-11)10-13(18-12)5-3-6-14-9-13/h1-2,4,7,14H,3,5-6,8-10H2. The van der Waals surface area contributed by atoms with Gasteiger partial charge in [-0.25, -0.2) is 4.79 Å². The van der Waals surface area contributed by atoms with Crippen molar-refractivity contribution in [2.24, 2.45) is 0 Å². The smallest absolute Gasteiger partial charge is 0.410 e. The number of aromatic nitrogens is 1. The lowest BCUT2D eigenvalue weighted by Gasteiger charge is -2.31. The predicted molar refractivity (Wildman–Crippen MR) is 66.0 cm³/mol. The number of rotatable bonds is 2. The SMILES string of the molecule is O=C1OC2(CCCNC2)CN1Cc1ccccn1. The normalized spacial score (nSPS) is 27.6. The molecule has 2 fully saturated rings. The van der Waals surface area contributed by atoms with Crippen LogP contribution in [0.1, 0.15) is 18.5 Å². The molecule has 1 aromatic rings. The molecular weight excluding hydrogens is 230 g/mol. The van der Waals surface area contributed by atoms with Gasteiger partial charge in [-0.15, -0.1) is 0 Å². The summed E-state index contributed by atoms with van der Waals surface area (Å²) in [5.41, 5.74) is 0.583. The molecular formula is C13H17N3O2. The van der Waals surface area contributed by atoms with Crippen LogP contribution in [0.4, 0.5) is 4.79 Å². The third-order valence-electron chi connectivity index (χ3n) is 3.55. The first-order valence-corrected chi connectivity index (χ1v) is 6.36. The maximum atomic E-state index is 11.9. The van der Waals surface area contributed by atoms with Crippen LogP contribution >= 0.6 is 0 Å². The van der Waals surface area contributed by atoms with Gasteiger partial charge in [-0.1, -0.05) is 6.07 Å². The van der Waals surface area contributed by atoms with E-state index in [-0.39, 0.29) is 11.7 Å². The second kappa shape index (κ2) is 4.57. The van der Waals surface area contributed by atoms with E-state index in [1.165, 1.54) is 0 Å². The number of nitrogens with one attached hydrogen (secondary N) is 1. The Kier molecular flexibility index (Phi) is 2.91. The summed E-state index contributed by atoms with van der Waals surface area (Å²) in [4.78, 5) is 17.9. The van der Waals surface area contributed by atoms with Crippen molar-refractivity contribution in [2.75, 3.05) is 19.6 Å². The Bertz CT molecular complexity index is 429. The molecule has 0 radical (unpaired) electrons. The van der Waals surface area contributed by atoms with Gasteiger partial charge in [0.05, 0.1) is 18.8 Å². The molecule has 5 nitrogen and oxygen atoms in total. The maximum Gasteiger partial charge on any atom is 0.410 e. The lowest BCUT2D eigenvalue weighted by Crippen LogP contribution is -2.48. The van der Waals surface area contributed by atoms with Gasteiger partial charge in [-0.05, 0) is 31.5 Å². The fourth-order valence-electron chi connectivity index (χ4n) is 2.66. The van der Waals surface area contributed by atoms with E-state index in [0.717, 1.165) is 31.6 Å². The Morgan fingerprint density at radius 1 is 1.50 bits per heavy atom. The Labute approximate surface area is 106 Å². The van der Waals surface area contributed by atoms with E-state index in [9.17, 15) is 4.79 Å². The molecule has 1 amide bonds. The Hall–Kier alpha value is -1.62. The highest BCUT2D eigenvalue weighted by molar-refractivity contribution is 5.70. The number of carbonyl (C=O) groups excluding carboxylic acids is 1. The van der Waals surface area contributed by atoms with Crippen molar-refractivity contribution in [2.45, 2.75) is 25.0 Å². The zero-order valence-electron chi connectivity index (χ0n) is 10.3. The Morgan fingerprint density at radius 2 is 2.44 bits per heavy atom. The monoisotopic (exact) mass is 247 g/mol. The number of nitrogens with zero attached hydrogens (tertiary/aromatic N) is 2. The molecule has 1 spiro atoms. The molecule has 3 rings (SSSR count). The fraction of sp³-hybridized carbons (Fsp3) is 0.538. The molecule has 5 heteroatoms. The summed E-state index contributed by atoms with van der Waals surface area (Å²) in [6.45, 7) is 2.97. The van der Waals surface area contributed by atoms with Crippen LogP contribution in [0.3, 0.4) is 0 Å². The van der Waals surface area contributed by atoms with Crippen LogP contribution in [0.25, 0.3) is 0 Å². The highest BCUT2D eigenvalue weighted by Crippen LogP contribution is 2.29. The van der Waals surface area contributed by atoms with Crippen molar-refractivity contribution in [1.29, 1.82) is 0 Å². The van der Waals surface area contributed by atoms with Crippen LogP contribution in [0, 0.1) is 0 Å². The number of pyridine rings is 1. The molecule has 3 heterocycles. The minimum atomic E-state index is -0.315. The van der Waals surface area contributed by atoms with Gasteiger partial charge in [0, 0.05) is 12.7 Å². The van der Waals surface area contributed by atoms with Crippen molar-refractivity contribution >= 4 is 6.09 Å². The first-order chi connectivity index (χ1) is 8.77. The number of ether oxygens (including phenoxy) is 1. The lowest BCUT2D eigenvalue weighted by molar-refractivity contribution is 0.0366. The van der Waals surface area contributed by atoms with E-state index < -0.39 is 0 Å². The molecule has 96 valence electrons. The summed E-state index contributed by atoms with van der Waals surface area (Å²) in [6.07, 6.45) is 3.54. The number of carbonyl (C=O) groups is 1. The fourth-order valence-corrected chi connectivity index (χ4v) is 2.66. The van der Waals surface area contributed by atoms with E-state index in [4.69, 9.17) is 4.74 Å². The molecule has 0 saturated carbocycles. The van der Waals surface area contributed by atoms with E-state index in [0.29, 0.717) is 13.1 Å². The van der Waals surface area contributed by atoms with Crippen molar-refractivity contribution in [1.82, 2.24) is 15.2 Å². The number of hydrogen-bond donors (Lipinski definition) is 1. The summed E-state index contributed by atoms with van der Waals surface area (Å²) in [7, 11) is 0. The largest absolute Gasteiger partial charge is 0.440 e. The number of amides is 1. The zero-order valence-corrected chi connectivity index (χ0v) is 10.3. The molecule has 2 aliphatic rings. The predicted octanol–water partition coefficient (Wildman–Crippen LogP) is 1.16. The number of piperidine rings is 1. The molecule has 1 N–H and O–H groups in total. The average molecular weight is 247 g/mol. The van der Waals surface area contributed by atoms with E-state index in [2.05, 4.69) is 10.3 Å². The molecule has 1 unspecified atom stereocenters. The number of hydrogen-bond acceptors (Lipinski definition) is 4. The third kappa shape index (κ3) is 2.18. The topological polar surface area (TPSA) is 54.5 Å². The first-order valence-electron chi connectivity index (χ1n) is 6.36. The van der Waals surface area contributed by atoms with Crippen LogP contribution in [0.2, 0.25) is 0 Å². The van der Waals surface area contributed by atoms with Crippen molar-refractivity contribution in [3.05, 3.63) is 30.1 Å². The van der Waals surface area contributed by atoms with Crippen molar-refractivity contribution < 1.29 is 9.53 Å². The van der Waals surface area contributed by atoms with Gasteiger partial charge in [0.15, 0.2) is 0 Å². The van der Waals surface area contributed by atoms with E-state index in [1.807, 2.05) is 18.2 Å². The van der Waals surface area contributed by atoms with Crippen LogP contribution in [0.15, 0.2) is 24.4 Å². The Balaban J connectivity index is 1.69. The van der Waals surface area contributed by atoms with Crippen molar-refractivity contribution in [3.63, 3.8) is 0 Å². The molecule has 0 bridgehead atoms. The molecule has 0 aromatic carbocycles. The Morgan fingerprint density at radius 3 is 3.17 bits per heavy atom. The van der Waals surface area contributed by atoms with E-state index in [1.54, 1.807) is 11.1 Å². The highest BCUT2D eigenvalue weighted by Gasteiger charge is 2.45. The third-order valence-corrected chi connectivity index (χ3v) is 3.55. The molecule has 1 aromatic heterocycles. The molecule has 2 aliphatic heterocycles. The quantitative estimate of drug-likeness (QED) is 0.852. The van der Waals surface area contributed by atoms with E-state index >= 15 is 0 Å². The van der Waals surface area contributed by atoms with Gasteiger partial charge in [0.1, 0.15) is 5.60 Å². The molecule has 0 aliphatic carbocycles. The van der Waals surface area contributed by atoms with Crippen LogP contribution in [-0.4, -0.2) is 41.2 Å². The van der Waals surface area contributed by atoms with Gasteiger partial charge >= 0.3 is 6.09 Å². The first kappa shape index (κ1) is 11.5. The summed E-state index contributed by atoms with van der Waals surface area (Å²) in [5, 5.41) is 3.30. The average Bonchev–Trinajstić information content (AvgIpc) is 2.68. The maximum absolute atomic E-state index is 11.9.